The van der Waals surface area contributed by atoms with E-state index in [0.29, 0.717) is 66.0 Å². The molecule has 4 aromatic rings. The molecule has 0 spiro atoms. The molecule has 5 rings (SSSR count). The predicted molar refractivity (Wildman–Crippen MR) is 184 cm³/mol. The van der Waals surface area contributed by atoms with Gasteiger partial charge in [0.15, 0.2) is 23.0 Å². The van der Waals surface area contributed by atoms with E-state index in [0.717, 1.165) is 28.8 Å². The Balaban J connectivity index is 1.36. The van der Waals surface area contributed by atoms with Crippen LogP contribution in [0.25, 0.3) is 16.8 Å². The van der Waals surface area contributed by atoms with E-state index in [4.69, 9.17) is 14.2 Å². The summed E-state index contributed by atoms with van der Waals surface area (Å²) in [5.74, 6) is 2.21. The third kappa shape index (κ3) is 7.37. The molecule has 0 aliphatic heterocycles. The number of anilines is 1. The average Bonchev–Trinajstić information content (AvgIpc) is 3.36. The normalized spacial score (nSPS) is 14.4. The van der Waals surface area contributed by atoms with Crippen LogP contribution in [0, 0.1) is 5.92 Å². The lowest BCUT2D eigenvalue weighted by atomic mass is 9.95. The lowest BCUT2D eigenvalue weighted by molar-refractivity contribution is -0.122. The van der Waals surface area contributed by atoms with Crippen LogP contribution < -0.4 is 35.6 Å². The highest BCUT2D eigenvalue weighted by atomic mass is 16.5. The minimum absolute atomic E-state index is 0.103. The Kier molecular flexibility index (Phi) is 10.8. The first-order valence-corrected chi connectivity index (χ1v) is 16.3. The SMILES string of the molecule is COc1cc2c(c(OC)c1OC)-c1ccc(NCCCC(=O)NC(CC(C)C)c3nnc4ccccn34)c(=O)cc1C(NC(C)=O)CC2. The van der Waals surface area contributed by atoms with Crippen LogP contribution >= 0.6 is 0 Å². The third-order valence-electron chi connectivity index (χ3n) is 8.51. The molecule has 0 saturated heterocycles. The number of nitrogens with zero attached hydrogens (tertiary/aromatic N) is 3. The molecule has 2 unspecified atom stereocenters. The second-order valence-electron chi connectivity index (χ2n) is 12.4. The number of ether oxygens (including phenoxy) is 3. The highest BCUT2D eigenvalue weighted by Crippen LogP contribution is 2.50. The summed E-state index contributed by atoms with van der Waals surface area (Å²) in [6.07, 6.45) is 4.56. The first-order chi connectivity index (χ1) is 23.1. The first-order valence-electron chi connectivity index (χ1n) is 16.3. The Morgan fingerprint density at radius 3 is 2.52 bits per heavy atom. The van der Waals surface area contributed by atoms with E-state index in [9.17, 15) is 14.4 Å². The Morgan fingerprint density at radius 2 is 1.81 bits per heavy atom. The molecule has 48 heavy (non-hydrogen) atoms. The van der Waals surface area contributed by atoms with Crippen molar-refractivity contribution >= 4 is 23.1 Å². The Bertz CT molecular complexity index is 1860. The van der Waals surface area contributed by atoms with Gasteiger partial charge in [-0.2, -0.15) is 0 Å². The molecule has 1 aliphatic rings. The van der Waals surface area contributed by atoms with Crippen molar-refractivity contribution in [3.8, 4) is 28.4 Å². The Morgan fingerprint density at radius 1 is 1.02 bits per heavy atom. The number of carbonyl (C=O) groups excluding carboxylic acids is 2. The highest BCUT2D eigenvalue weighted by molar-refractivity contribution is 5.84. The number of carbonyl (C=O) groups is 2. The van der Waals surface area contributed by atoms with E-state index in [1.54, 1.807) is 33.5 Å². The summed E-state index contributed by atoms with van der Waals surface area (Å²) in [5.41, 5.74) is 4.06. The van der Waals surface area contributed by atoms with E-state index >= 15 is 0 Å². The quantitative estimate of drug-likeness (QED) is 0.169. The summed E-state index contributed by atoms with van der Waals surface area (Å²) in [6, 6.07) is 12.1. The predicted octanol–water partition coefficient (Wildman–Crippen LogP) is 5.00. The van der Waals surface area contributed by atoms with Gasteiger partial charge in [0.1, 0.15) is 0 Å². The Hall–Kier alpha value is -5.13. The molecule has 2 atom stereocenters. The van der Waals surface area contributed by atoms with Crippen LogP contribution in [-0.4, -0.2) is 54.3 Å². The zero-order valence-corrected chi connectivity index (χ0v) is 28.4. The number of pyridine rings is 1. The standard InChI is InChI=1S/C36H44N6O6/c1-21(2)18-28(36-41-40-31-10-7-8-17-42(31)36)39-32(45)11-9-16-37-27-15-13-24-25(20-29(27)44)26(38-22(3)43)14-12-23-19-30(46-4)34(47-5)35(48-6)33(23)24/h7-8,10,13,15,17,19-21,26,28H,9,11-12,14,16,18H2,1-6H3,(H,37,44)(H,38,43)(H,39,45). The van der Waals surface area contributed by atoms with Crippen LogP contribution in [0.5, 0.6) is 17.2 Å². The van der Waals surface area contributed by atoms with E-state index in [1.807, 2.05) is 40.9 Å². The summed E-state index contributed by atoms with van der Waals surface area (Å²) < 4.78 is 19.0. The van der Waals surface area contributed by atoms with Crippen LogP contribution in [0.4, 0.5) is 5.69 Å². The van der Waals surface area contributed by atoms with Gasteiger partial charge in [0.25, 0.3) is 0 Å². The number of benzene rings is 1. The summed E-state index contributed by atoms with van der Waals surface area (Å²) >= 11 is 0. The van der Waals surface area contributed by atoms with E-state index in [-0.39, 0.29) is 29.7 Å². The van der Waals surface area contributed by atoms with Crippen LogP contribution in [0.3, 0.4) is 0 Å². The molecule has 1 aliphatic carbocycles. The monoisotopic (exact) mass is 656 g/mol. The number of rotatable bonds is 13. The number of hydrogen-bond acceptors (Lipinski definition) is 9. The zero-order valence-electron chi connectivity index (χ0n) is 28.4. The van der Waals surface area contributed by atoms with Gasteiger partial charge >= 0.3 is 0 Å². The highest BCUT2D eigenvalue weighted by Gasteiger charge is 2.29. The Labute approximate surface area is 280 Å². The van der Waals surface area contributed by atoms with E-state index in [1.165, 1.54) is 6.92 Å². The fourth-order valence-corrected chi connectivity index (χ4v) is 6.39. The van der Waals surface area contributed by atoms with Crippen molar-refractivity contribution in [2.24, 2.45) is 5.92 Å². The van der Waals surface area contributed by atoms with E-state index < -0.39 is 6.04 Å². The lowest BCUT2D eigenvalue weighted by Crippen LogP contribution is -2.31. The van der Waals surface area contributed by atoms with Crippen molar-refractivity contribution < 1.29 is 23.8 Å². The third-order valence-corrected chi connectivity index (χ3v) is 8.51. The minimum atomic E-state index is -0.399. The topological polar surface area (TPSA) is 145 Å². The van der Waals surface area contributed by atoms with Gasteiger partial charge in [-0.25, -0.2) is 0 Å². The number of aryl methyl sites for hydroxylation is 1. The van der Waals surface area contributed by atoms with Crippen molar-refractivity contribution in [3.63, 3.8) is 0 Å². The summed E-state index contributed by atoms with van der Waals surface area (Å²) in [4.78, 5) is 38.9. The van der Waals surface area contributed by atoms with Gasteiger partial charge in [0, 0.05) is 31.6 Å². The molecule has 2 aromatic heterocycles. The maximum absolute atomic E-state index is 13.6. The van der Waals surface area contributed by atoms with Gasteiger partial charge in [-0.1, -0.05) is 26.0 Å². The van der Waals surface area contributed by atoms with Crippen molar-refractivity contribution in [2.45, 2.75) is 65.0 Å². The maximum Gasteiger partial charge on any atom is 0.220 e. The number of amides is 2. The molecule has 0 saturated carbocycles. The fourth-order valence-electron chi connectivity index (χ4n) is 6.39. The van der Waals surface area contributed by atoms with Gasteiger partial charge in [0.05, 0.1) is 39.1 Å². The van der Waals surface area contributed by atoms with Gasteiger partial charge in [0.2, 0.25) is 23.0 Å². The average molecular weight is 657 g/mol. The zero-order chi connectivity index (χ0) is 34.4. The second-order valence-corrected chi connectivity index (χ2v) is 12.4. The van der Waals surface area contributed by atoms with Crippen molar-refractivity contribution in [3.05, 3.63) is 75.8 Å². The van der Waals surface area contributed by atoms with Crippen molar-refractivity contribution in [1.82, 2.24) is 25.2 Å². The van der Waals surface area contributed by atoms with Gasteiger partial charge in [-0.3, -0.25) is 18.8 Å². The molecule has 3 N–H and O–H groups in total. The number of aromatic nitrogens is 3. The lowest BCUT2D eigenvalue weighted by Gasteiger charge is -2.19. The molecule has 0 radical (unpaired) electrons. The van der Waals surface area contributed by atoms with Gasteiger partial charge < -0.3 is 30.2 Å². The molecule has 12 nitrogen and oxygen atoms in total. The molecule has 2 aromatic carbocycles. The van der Waals surface area contributed by atoms with Crippen molar-refractivity contribution in [1.29, 1.82) is 0 Å². The number of nitrogens with one attached hydrogen (secondary N) is 3. The molecule has 0 bridgehead atoms. The number of hydrogen-bond donors (Lipinski definition) is 3. The number of methoxy groups -OCH3 is 3. The molecule has 254 valence electrons. The van der Waals surface area contributed by atoms with Crippen LogP contribution in [0.1, 0.15) is 75.5 Å². The van der Waals surface area contributed by atoms with Crippen LogP contribution in [0.2, 0.25) is 0 Å². The minimum Gasteiger partial charge on any atom is -0.493 e. The van der Waals surface area contributed by atoms with Gasteiger partial charge in [-0.15, -0.1) is 10.2 Å². The molecule has 2 amide bonds. The fraction of sp³-hybridized carbons (Fsp3) is 0.417. The van der Waals surface area contributed by atoms with Crippen molar-refractivity contribution in [2.75, 3.05) is 33.2 Å². The van der Waals surface area contributed by atoms with Crippen LogP contribution in [0.15, 0.2) is 53.5 Å². The summed E-state index contributed by atoms with van der Waals surface area (Å²) in [6.45, 7) is 6.08. The van der Waals surface area contributed by atoms with Crippen LogP contribution in [-0.2, 0) is 16.0 Å². The molecular weight excluding hydrogens is 612 g/mol. The van der Waals surface area contributed by atoms with E-state index in [2.05, 4.69) is 40.0 Å². The molecule has 0 fully saturated rings. The summed E-state index contributed by atoms with van der Waals surface area (Å²) in [5, 5.41) is 18.0. The first kappa shape index (κ1) is 34.2. The molecule has 2 heterocycles. The van der Waals surface area contributed by atoms with Gasteiger partial charge in [-0.05, 0) is 78.6 Å². The molecular formula is C36H44N6O6. The molecule has 12 heteroatoms. The maximum atomic E-state index is 13.6. The summed E-state index contributed by atoms with van der Waals surface area (Å²) in [7, 11) is 4.69. The second kappa shape index (κ2) is 15.2. The largest absolute Gasteiger partial charge is 0.493 e. The number of fused-ring (bicyclic) bond motifs is 4. The smallest absolute Gasteiger partial charge is 0.220 e.